The number of benzene rings is 2. The molecule has 1 N–H and O–H groups in total. The number of aromatic nitrogens is 3. The van der Waals surface area contributed by atoms with Crippen molar-refractivity contribution in [2.75, 3.05) is 11.1 Å². The van der Waals surface area contributed by atoms with E-state index in [1.54, 1.807) is 18.2 Å². The molecule has 0 spiro atoms. The molecule has 3 aromatic rings. The number of hydrogen-bond acceptors (Lipinski definition) is 4. The molecule has 0 saturated carbocycles. The highest BCUT2D eigenvalue weighted by atomic mass is 35.5. The molecular weight excluding hydrogens is 379 g/mol. The van der Waals surface area contributed by atoms with Crippen molar-refractivity contribution < 1.29 is 4.79 Å². The third-order valence-electron chi connectivity index (χ3n) is 3.40. The first-order valence-electron chi connectivity index (χ1n) is 7.37. The van der Waals surface area contributed by atoms with Crippen molar-refractivity contribution in [2.24, 2.45) is 7.05 Å². The van der Waals surface area contributed by atoms with Gasteiger partial charge in [0.1, 0.15) is 0 Å². The molecule has 0 radical (unpaired) electrons. The summed E-state index contributed by atoms with van der Waals surface area (Å²) in [6.45, 7) is 0. The minimum absolute atomic E-state index is 0.162. The fraction of sp³-hybridized carbons (Fsp3) is 0.118. The molecule has 5 nitrogen and oxygen atoms in total. The number of hydrogen-bond donors (Lipinski definition) is 1. The predicted octanol–water partition coefficient (Wildman–Crippen LogP) is 4.52. The SMILES string of the molecule is Cn1c(SCC(=O)Nc2ccccc2Cl)nnc1-c1cccc(Cl)c1. The van der Waals surface area contributed by atoms with Crippen molar-refractivity contribution in [1.29, 1.82) is 0 Å². The quantitative estimate of drug-likeness (QED) is 0.648. The van der Waals surface area contributed by atoms with Gasteiger partial charge in [-0.05, 0) is 24.3 Å². The highest BCUT2D eigenvalue weighted by molar-refractivity contribution is 7.99. The van der Waals surface area contributed by atoms with Crippen LogP contribution in [0.15, 0.2) is 53.7 Å². The summed E-state index contributed by atoms with van der Waals surface area (Å²) in [5.41, 5.74) is 1.46. The van der Waals surface area contributed by atoms with Crippen LogP contribution in [0.4, 0.5) is 5.69 Å². The van der Waals surface area contributed by atoms with Crippen LogP contribution in [0.2, 0.25) is 10.0 Å². The number of nitrogens with zero attached hydrogens (tertiary/aromatic N) is 3. The summed E-state index contributed by atoms with van der Waals surface area (Å²) in [6, 6.07) is 14.5. The van der Waals surface area contributed by atoms with Crippen molar-refractivity contribution in [1.82, 2.24) is 14.8 Å². The molecule has 0 bridgehead atoms. The average Bonchev–Trinajstić information content (AvgIpc) is 2.96. The lowest BCUT2D eigenvalue weighted by atomic mass is 10.2. The number of carbonyl (C=O) groups is 1. The van der Waals surface area contributed by atoms with Crippen LogP contribution in [0.25, 0.3) is 11.4 Å². The highest BCUT2D eigenvalue weighted by Crippen LogP contribution is 2.25. The van der Waals surface area contributed by atoms with E-state index in [0.29, 0.717) is 26.7 Å². The van der Waals surface area contributed by atoms with Crippen LogP contribution in [-0.2, 0) is 11.8 Å². The van der Waals surface area contributed by atoms with Gasteiger partial charge in [0.15, 0.2) is 11.0 Å². The summed E-state index contributed by atoms with van der Waals surface area (Å²) < 4.78 is 1.83. The number of amides is 1. The molecule has 3 rings (SSSR count). The van der Waals surface area contributed by atoms with Crippen LogP contribution < -0.4 is 5.32 Å². The van der Waals surface area contributed by atoms with Gasteiger partial charge in [-0.1, -0.05) is 59.2 Å². The van der Waals surface area contributed by atoms with E-state index in [0.717, 1.165) is 5.56 Å². The molecule has 0 saturated heterocycles. The van der Waals surface area contributed by atoms with Crippen molar-refractivity contribution >= 4 is 46.6 Å². The Morgan fingerprint density at radius 2 is 1.96 bits per heavy atom. The Morgan fingerprint density at radius 3 is 2.72 bits per heavy atom. The van der Waals surface area contributed by atoms with Crippen molar-refractivity contribution in [3.05, 3.63) is 58.6 Å². The summed E-state index contributed by atoms with van der Waals surface area (Å²) in [6.07, 6.45) is 0. The van der Waals surface area contributed by atoms with E-state index in [2.05, 4.69) is 15.5 Å². The van der Waals surface area contributed by atoms with Crippen molar-refractivity contribution in [2.45, 2.75) is 5.16 Å². The predicted molar refractivity (Wildman–Crippen MR) is 102 cm³/mol. The highest BCUT2D eigenvalue weighted by Gasteiger charge is 2.13. The lowest BCUT2D eigenvalue weighted by Crippen LogP contribution is -2.14. The van der Waals surface area contributed by atoms with Gasteiger partial charge in [-0.15, -0.1) is 10.2 Å². The maximum Gasteiger partial charge on any atom is 0.234 e. The Labute approximate surface area is 159 Å². The second-order valence-corrected chi connectivity index (χ2v) is 6.98. The maximum absolute atomic E-state index is 12.1. The van der Waals surface area contributed by atoms with Crippen molar-refractivity contribution in [3.63, 3.8) is 0 Å². The van der Waals surface area contributed by atoms with Gasteiger partial charge in [-0.25, -0.2) is 0 Å². The monoisotopic (exact) mass is 392 g/mol. The number of rotatable bonds is 5. The van der Waals surface area contributed by atoms with Crippen LogP contribution in [0, 0.1) is 0 Å². The summed E-state index contributed by atoms with van der Waals surface area (Å²) >= 11 is 13.4. The van der Waals surface area contributed by atoms with E-state index < -0.39 is 0 Å². The largest absolute Gasteiger partial charge is 0.324 e. The first-order chi connectivity index (χ1) is 12.0. The first kappa shape index (κ1) is 17.8. The Kier molecular flexibility index (Phi) is 5.63. The molecule has 8 heteroatoms. The molecule has 128 valence electrons. The lowest BCUT2D eigenvalue weighted by molar-refractivity contribution is -0.113. The zero-order valence-corrected chi connectivity index (χ0v) is 15.6. The summed E-state index contributed by atoms with van der Waals surface area (Å²) in [4.78, 5) is 12.1. The molecule has 0 aliphatic carbocycles. The third kappa shape index (κ3) is 4.34. The molecular formula is C17H14Cl2N4OS. The fourth-order valence-corrected chi connectivity index (χ4v) is 3.28. The normalized spacial score (nSPS) is 10.7. The van der Waals surface area contributed by atoms with Gasteiger partial charge in [-0.3, -0.25) is 4.79 Å². The van der Waals surface area contributed by atoms with Crippen LogP contribution in [0.5, 0.6) is 0 Å². The van der Waals surface area contributed by atoms with Gasteiger partial charge in [-0.2, -0.15) is 0 Å². The number of carbonyl (C=O) groups excluding carboxylic acids is 1. The van der Waals surface area contributed by atoms with E-state index in [1.165, 1.54) is 11.8 Å². The van der Waals surface area contributed by atoms with Gasteiger partial charge >= 0.3 is 0 Å². The van der Waals surface area contributed by atoms with Gasteiger partial charge in [0.05, 0.1) is 16.5 Å². The lowest BCUT2D eigenvalue weighted by Gasteiger charge is -2.07. The summed E-state index contributed by atoms with van der Waals surface area (Å²) in [5, 5.41) is 12.9. The molecule has 2 aromatic carbocycles. The zero-order chi connectivity index (χ0) is 17.8. The van der Waals surface area contributed by atoms with Crippen LogP contribution in [0.1, 0.15) is 0 Å². The van der Waals surface area contributed by atoms with Gasteiger partial charge < -0.3 is 9.88 Å². The minimum atomic E-state index is -0.162. The minimum Gasteiger partial charge on any atom is -0.324 e. The van der Waals surface area contributed by atoms with E-state index >= 15 is 0 Å². The molecule has 1 heterocycles. The van der Waals surface area contributed by atoms with E-state index in [1.807, 2.05) is 41.9 Å². The Morgan fingerprint density at radius 1 is 1.16 bits per heavy atom. The molecule has 1 aromatic heterocycles. The van der Waals surface area contributed by atoms with Gasteiger partial charge in [0.25, 0.3) is 0 Å². The summed E-state index contributed by atoms with van der Waals surface area (Å²) in [5.74, 6) is 0.731. The maximum atomic E-state index is 12.1. The van der Waals surface area contributed by atoms with Gasteiger partial charge in [0, 0.05) is 17.6 Å². The van der Waals surface area contributed by atoms with Crippen LogP contribution in [0.3, 0.4) is 0 Å². The Hall–Kier alpha value is -2.02. The van der Waals surface area contributed by atoms with E-state index in [-0.39, 0.29) is 11.7 Å². The smallest absolute Gasteiger partial charge is 0.234 e. The number of nitrogens with one attached hydrogen (secondary N) is 1. The molecule has 0 atom stereocenters. The second kappa shape index (κ2) is 7.91. The first-order valence-corrected chi connectivity index (χ1v) is 9.11. The van der Waals surface area contributed by atoms with Crippen LogP contribution in [-0.4, -0.2) is 26.4 Å². The Bertz CT molecular complexity index is 913. The molecule has 0 aliphatic rings. The van der Waals surface area contributed by atoms with Crippen molar-refractivity contribution in [3.8, 4) is 11.4 Å². The number of para-hydroxylation sites is 1. The second-order valence-electron chi connectivity index (χ2n) is 5.19. The summed E-state index contributed by atoms with van der Waals surface area (Å²) in [7, 11) is 1.85. The molecule has 1 amide bonds. The third-order valence-corrected chi connectivity index (χ3v) is 4.98. The standard InChI is InChI=1S/C17H14Cl2N4OS/c1-23-16(11-5-4-6-12(18)9-11)21-22-17(23)25-10-15(24)20-14-8-3-2-7-13(14)19/h2-9H,10H2,1H3,(H,20,24). The number of halogens is 2. The fourth-order valence-electron chi connectivity index (χ4n) is 2.20. The average molecular weight is 393 g/mol. The molecule has 0 fully saturated rings. The molecule has 0 aliphatic heterocycles. The number of anilines is 1. The van der Waals surface area contributed by atoms with Crippen LogP contribution >= 0.6 is 35.0 Å². The van der Waals surface area contributed by atoms with E-state index in [4.69, 9.17) is 23.2 Å². The Balaban J connectivity index is 1.66. The molecule has 25 heavy (non-hydrogen) atoms. The topological polar surface area (TPSA) is 59.8 Å². The van der Waals surface area contributed by atoms with E-state index in [9.17, 15) is 4.79 Å². The van der Waals surface area contributed by atoms with Gasteiger partial charge in [0.2, 0.25) is 5.91 Å². The zero-order valence-electron chi connectivity index (χ0n) is 13.2. The number of thioether (sulfide) groups is 1. The molecule has 0 unspecified atom stereocenters.